The van der Waals surface area contributed by atoms with Gasteiger partial charge in [0.05, 0.1) is 12.2 Å². The zero-order valence-electron chi connectivity index (χ0n) is 15.7. The van der Waals surface area contributed by atoms with E-state index < -0.39 is 0 Å². The normalized spacial score (nSPS) is 15.9. The van der Waals surface area contributed by atoms with Gasteiger partial charge in [-0.05, 0) is 37.1 Å². The van der Waals surface area contributed by atoms with Crippen LogP contribution in [-0.4, -0.2) is 29.5 Å². The molecule has 0 atom stereocenters. The summed E-state index contributed by atoms with van der Waals surface area (Å²) in [6.45, 7) is 0.689. The van der Waals surface area contributed by atoms with Gasteiger partial charge in [0, 0.05) is 54.4 Å². The molecule has 0 amide bonds. The van der Waals surface area contributed by atoms with Crippen LogP contribution in [0.25, 0.3) is 11.5 Å². The highest BCUT2D eigenvalue weighted by Gasteiger charge is 2.26. The summed E-state index contributed by atoms with van der Waals surface area (Å²) in [6, 6.07) is 12.3. The van der Waals surface area contributed by atoms with Gasteiger partial charge in [-0.25, -0.2) is 9.67 Å². The van der Waals surface area contributed by atoms with Crippen molar-refractivity contribution < 1.29 is 0 Å². The predicted octanol–water partition coefficient (Wildman–Crippen LogP) is 3.56. The molecule has 0 saturated heterocycles. The second-order valence-corrected chi connectivity index (χ2v) is 7.43. The van der Waals surface area contributed by atoms with Crippen LogP contribution in [0.2, 0.25) is 0 Å². The maximum absolute atomic E-state index is 4.53. The molecular formula is C21H20N8. The fraction of sp³-hybridized carbons (Fsp3) is 0.190. The Morgan fingerprint density at radius 2 is 1.97 bits per heavy atom. The molecule has 1 aliphatic heterocycles. The molecule has 1 saturated carbocycles. The van der Waals surface area contributed by atoms with Crippen LogP contribution in [-0.2, 0) is 6.54 Å². The van der Waals surface area contributed by atoms with Crippen LogP contribution in [0.5, 0.6) is 0 Å². The number of benzene rings is 1. The highest BCUT2D eigenvalue weighted by Crippen LogP contribution is 2.39. The molecule has 4 heterocycles. The average molecular weight is 384 g/mol. The Bertz CT molecular complexity index is 1180. The SMILES string of the molecule is C1=C(Nc2cc(C3CC3)[nH]n2)n2ccnc2CN1c1cccc(-n2cccn2)c1. The van der Waals surface area contributed by atoms with E-state index in [1.54, 1.807) is 6.20 Å². The van der Waals surface area contributed by atoms with Gasteiger partial charge in [-0.3, -0.25) is 9.67 Å². The van der Waals surface area contributed by atoms with E-state index in [0.29, 0.717) is 12.5 Å². The summed E-state index contributed by atoms with van der Waals surface area (Å²) >= 11 is 0. The van der Waals surface area contributed by atoms with Gasteiger partial charge < -0.3 is 10.2 Å². The van der Waals surface area contributed by atoms with Crippen molar-refractivity contribution in [3.05, 3.63) is 78.9 Å². The van der Waals surface area contributed by atoms with Crippen molar-refractivity contribution in [2.75, 3.05) is 10.2 Å². The van der Waals surface area contributed by atoms with Crippen molar-refractivity contribution in [3.63, 3.8) is 0 Å². The molecule has 0 spiro atoms. The molecule has 1 aliphatic carbocycles. The Labute approximate surface area is 167 Å². The van der Waals surface area contributed by atoms with Crippen LogP contribution in [0.15, 0.2) is 67.4 Å². The highest BCUT2D eigenvalue weighted by atomic mass is 15.3. The quantitative estimate of drug-likeness (QED) is 0.550. The van der Waals surface area contributed by atoms with E-state index in [9.17, 15) is 0 Å². The topological polar surface area (TPSA) is 79.6 Å². The minimum Gasteiger partial charge on any atom is -0.337 e. The molecule has 144 valence electrons. The van der Waals surface area contributed by atoms with E-state index in [0.717, 1.165) is 28.8 Å². The van der Waals surface area contributed by atoms with Gasteiger partial charge in [-0.2, -0.15) is 10.2 Å². The first kappa shape index (κ1) is 16.2. The molecule has 0 radical (unpaired) electrons. The number of anilines is 2. The van der Waals surface area contributed by atoms with E-state index in [1.807, 2.05) is 41.5 Å². The summed E-state index contributed by atoms with van der Waals surface area (Å²) in [5, 5.41) is 15.4. The number of rotatable bonds is 5. The lowest BCUT2D eigenvalue weighted by molar-refractivity contribution is 0.803. The largest absolute Gasteiger partial charge is 0.337 e. The number of hydrogen-bond acceptors (Lipinski definition) is 5. The zero-order chi connectivity index (χ0) is 19.2. The summed E-state index contributed by atoms with van der Waals surface area (Å²) < 4.78 is 3.93. The second kappa shape index (κ2) is 6.37. The Hall–Kier alpha value is -3.81. The number of aromatic amines is 1. The van der Waals surface area contributed by atoms with Crippen molar-refractivity contribution in [1.82, 2.24) is 29.5 Å². The number of imidazole rings is 1. The predicted molar refractivity (Wildman–Crippen MR) is 110 cm³/mol. The van der Waals surface area contributed by atoms with Crippen molar-refractivity contribution in [2.24, 2.45) is 0 Å². The number of fused-ring (bicyclic) bond motifs is 1. The van der Waals surface area contributed by atoms with Gasteiger partial charge in [0.1, 0.15) is 11.6 Å². The summed E-state index contributed by atoms with van der Waals surface area (Å²) in [5.74, 6) is 3.35. The number of nitrogens with one attached hydrogen (secondary N) is 2. The number of H-pyrrole nitrogens is 1. The number of hydrogen-bond donors (Lipinski definition) is 2. The minimum absolute atomic E-state index is 0.642. The molecule has 6 rings (SSSR count). The van der Waals surface area contributed by atoms with E-state index >= 15 is 0 Å². The average Bonchev–Trinajstić information content (AvgIpc) is 3.17. The molecule has 2 N–H and O–H groups in total. The first-order valence-electron chi connectivity index (χ1n) is 9.77. The monoisotopic (exact) mass is 384 g/mol. The van der Waals surface area contributed by atoms with Crippen LogP contribution < -0.4 is 10.2 Å². The maximum atomic E-state index is 4.53. The maximum Gasteiger partial charge on any atom is 0.153 e. The molecule has 29 heavy (non-hydrogen) atoms. The molecule has 2 aliphatic rings. The van der Waals surface area contributed by atoms with E-state index in [4.69, 9.17) is 0 Å². The van der Waals surface area contributed by atoms with Crippen molar-refractivity contribution in [2.45, 2.75) is 25.3 Å². The molecule has 4 aromatic rings. The fourth-order valence-corrected chi connectivity index (χ4v) is 3.71. The Morgan fingerprint density at radius 3 is 2.83 bits per heavy atom. The zero-order valence-corrected chi connectivity index (χ0v) is 15.7. The molecule has 8 heteroatoms. The van der Waals surface area contributed by atoms with Gasteiger partial charge in [-0.15, -0.1) is 0 Å². The summed E-state index contributed by atoms with van der Waals surface area (Å²) in [5.41, 5.74) is 3.30. The fourth-order valence-electron chi connectivity index (χ4n) is 3.71. The number of aromatic nitrogens is 6. The van der Waals surface area contributed by atoms with Crippen molar-refractivity contribution in [3.8, 4) is 5.69 Å². The minimum atomic E-state index is 0.642. The third-order valence-corrected chi connectivity index (χ3v) is 5.37. The molecule has 3 aromatic heterocycles. The molecule has 8 nitrogen and oxygen atoms in total. The first-order valence-corrected chi connectivity index (χ1v) is 9.77. The van der Waals surface area contributed by atoms with E-state index in [-0.39, 0.29) is 0 Å². The van der Waals surface area contributed by atoms with Gasteiger partial charge in [0.2, 0.25) is 0 Å². The standard InChI is InChI=1S/C21H20N8/c1-3-16(11-17(4-1)29-9-2-7-23-29)27-13-20-22-8-10-28(20)21(14-27)24-19-12-18(25-26-19)15-5-6-15/h1-4,7-12,14-15H,5-6,13H2,(H2,24,25,26). The third kappa shape index (κ3) is 2.98. The molecule has 1 aromatic carbocycles. The lowest BCUT2D eigenvalue weighted by Crippen LogP contribution is -2.27. The summed E-state index contributed by atoms with van der Waals surface area (Å²) in [6.07, 6.45) is 12.1. The molecule has 0 unspecified atom stereocenters. The first-order chi connectivity index (χ1) is 14.3. The van der Waals surface area contributed by atoms with Crippen molar-refractivity contribution >= 4 is 17.3 Å². The lowest BCUT2D eigenvalue weighted by atomic mass is 10.2. The molecule has 0 bridgehead atoms. The Kier molecular flexibility index (Phi) is 3.55. The van der Waals surface area contributed by atoms with E-state index in [1.165, 1.54) is 18.5 Å². The smallest absolute Gasteiger partial charge is 0.153 e. The summed E-state index contributed by atoms with van der Waals surface area (Å²) in [7, 11) is 0. The third-order valence-electron chi connectivity index (χ3n) is 5.37. The van der Waals surface area contributed by atoms with Gasteiger partial charge in [0.25, 0.3) is 0 Å². The Morgan fingerprint density at radius 1 is 1.03 bits per heavy atom. The Balaban J connectivity index is 1.33. The van der Waals surface area contributed by atoms with Crippen LogP contribution >= 0.6 is 0 Å². The van der Waals surface area contributed by atoms with Gasteiger partial charge in [-0.1, -0.05) is 6.07 Å². The molecular weight excluding hydrogens is 364 g/mol. The molecule has 1 fully saturated rings. The highest BCUT2D eigenvalue weighted by molar-refractivity contribution is 5.69. The van der Waals surface area contributed by atoms with Gasteiger partial charge in [0.15, 0.2) is 5.82 Å². The summed E-state index contributed by atoms with van der Waals surface area (Å²) in [4.78, 5) is 6.72. The van der Waals surface area contributed by atoms with Crippen LogP contribution in [0.1, 0.15) is 30.3 Å². The lowest BCUT2D eigenvalue weighted by Gasteiger charge is -2.28. The second-order valence-electron chi connectivity index (χ2n) is 7.43. The van der Waals surface area contributed by atoms with Crippen molar-refractivity contribution in [1.29, 1.82) is 0 Å². The van der Waals surface area contributed by atoms with Crippen LogP contribution in [0.3, 0.4) is 0 Å². The number of nitrogens with zero attached hydrogens (tertiary/aromatic N) is 6. The van der Waals surface area contributed by atoms with E-state index in [2.05, 4.69) is 59.5 Å². The van der Waals surface area contributed by atoms with Crippen LogP contribution in [0, 0.1) is 0 Å². The van der Waals surface area contributed by atoms with Crippen LogP contribution in [0.4, 0.5) is 11.5 Å². The van der Waals surface area contributed by atoms with Gasteiger partial charge >= 0.3 is 0 Å².